The molecule has 0 bridgehead atoms. The van der Waals surface area contributed by atoms with Gasteiger partial charge in [0, 0.05) is 19.3 Å². The summed E-state index contributed by atoms with van der Waals surface area (Å²) in [4.78, 5) is 0. The van der Waals surface area contributed by atoms with E-state index in [0.29, 0.717) is 0 Å². The van der Waals surface area contributed by atoms with Gasteiger partial charge < -0.3 is 5.32 Å². The summed E-state index contributed by atoms with van der Waals surface area (Å²) < 4.78 is 1.92. The molecular formula is C14H19N3. The SMILES string of the molecule is CCn1cc(NCc2cc(C)ccc2C)cn1. The molecule has 1 heterocycles. The van der Waals surface area contributed by atoms with Gasteiger partial charge in [0.1, 0.15) is 0 Å². The molecule has 0 fully saturated rings. The number of nitrogens with one attached hydrogen (secondary N) is 1. The lowest BCUT2D eigenvalue weighted by Crippen LogP contribution is -2.01. The molecule has 1 N–H and O–H groups in total. The average molecular weight is 229 g/mol. The van der Waals surface area contributed by atoms with Gasteiger partial charge in [-0.1, -0.05) is 23.8 Å². The Kier molecular flexibility index (Phi) is 3.47. The van der Waals surface area contributed by atoms with Crippen molar-refractivity contribution in [1.82, 2.24) is 9.78 Å². The van der Waals surface area contributed by atoms with Crippen molar-refractivity contribution in [2.45, 2.75) is 33.9 Å². The molecule has 0 radical (unpaired) electrons. The Morgan fingerprint density at radius 3 is 2.82 bits per heavy atom. The molecular weight excluding hydrogens is 210 g/mol. The van der Waals surface area contributed by atoms with Crippen LogP contribution in [0.1, 0.15) is 23.6 Å². The van der Waals surface area contributed by atoms with E-state index in [1.807, 2.05) is 17.1 Å². The van der Waals surface area contributed by atoms with Crippen LogP contribution in [0.2, 0.25) is 0 Å². The Hall–Kier alpha value is -1.77. The van der Waals surface area contributed by atoms with Gasteiger partial charge in [0.15, 0.2) is 0 Å². The fourth-order valence-electron chi connectivity index (χ4n) is 1.82. The van der Waals surface area contributed by atoms with E-state index in [1.54, 1.807) is 0 Å². The van der Waals surface area contributed by atoms with Crippen LogP contribution >= 0.6 is 0 Å². The highest BCUT2D eigenvalue weighted by Gasteiger charge is 2.00. The second-order valence-electron chi connectivity index (χ2n) is 4.37. The Morgan fingerprint density at radius 1 is 1.29 bits per heavy atom. The van der Waals surface area contributed by atoms with Gasteiger partial charge in [-0.2, -0.15) is 5.10 Å². The predicted molar refractivity (Wildman–Crippen MR) is 71.1 cm³/mol. The van der Waals surface area contributed by atoms with Crippen molar-refractivity contribution in [2.24, 2.45) is 0 Å². The molecule has 0 unspecified atom stereocenters. The Bertz CT molecular complexity index is 500. The monoisotopic (exact) mass is 229 g/mol. The summed E-state index contributed by atoms with van der Waals surface area (Å²) in [6.07, 6.45) is 3.90. The van der Waals surface area contributed by atoms with Crippen molar-refractivity contribution in [1.29, 1.82) is 0 Å². The highest BCUT2D eigenvalue weighted by Crippen LogP contribution is 2.13. The van der Waals surface area contributed by atoms with E-state index in [9.17, 15) is 0 Å². The maximum Gasteiger partial charge on any atom is 0.0729 e. The Labute approximate surface area is 102 Å². The van der Waals surface area contributed by atoms with Crippen molar-refractivity contribution in [2.75, 3.05) is 5.32 Å². The van der Waals surface area contributed by atoms with Crippen molar-refractivity contribution in [3.05, 3.63) is 47.3 Å². The number of aryl methyl sites for hydroxylation is 3. The van der Waals surface area contributed by atoms with Crippen LogP contribution in [0.25, 0.3) is 0 Å². The molecule has 1 aromatic carbocycles. The summed E-state index contributed by atoms with van der Waals surface area (Å²) in [5.41, 5.74) is 5.05. The van der Waals surface area contributed by atoms with Crippen molar-refractivity contribution >= 4 is 5.69 Å². The third-order valence-electron chi connectivity index (χ3n) is 2.94. The van der Waals surface area contributed by atoms with Gasteiger partial charge in [0.25, 0.3) is 0 Å². The molecule has 0 amide bonds. The first-order valence-corrected chi connectivity index (χ1v) is 6.01. The van der Waals surface area contributed by atoms with Crippen molar-refractivity contribution in [3.8, 4) is 0 Å². The molecule has 17 heavy (non-hydrogen) atoms. The van der Waals surface area contributed by atoms with Gasteiger partial charge in [-0.3, -0.25) is 4.68 Å². The van der Waals surface area contributed by atoms with Gasteiger partial charge in [0.05, 0.1) is 11.9 Å². The van der Waals surface area contributed by atoms with E-state index in [0.717, 1.165) is 18.8 Å². The number of aromatic nitrogens is 2. The van der Waals surface area contributed by atoms with E-state index in [-0.39, 0.29) is 0 Å². The molecule has 3 heteroatoms. The molecule has 0 aliphatic carbocycles. The van der Waals surface area contributed by atoms with E-state index < -0.39 is 0 Å². The Morgan fingerprint density at radius 2 is 2.12 bits per heavy atom. The minimum Gasteiger partial charge on any atom is -0.378 e. The summed E-state index contributed by atoms with van der Waals surface area (Å²) >= 11 is 0. The molecule has 0 atom stereocenters. The van der Waals surface area contributed by atoms with Gasteiger partial charge in [0.2, 0.25) is 0 Å². The smallest absolute Gasteiger partial charge is 0.0729 e. The first kappa shape index (κ1) is 11.7. The normalized spacial score (nSPS) is 10.5. The van der Waals surface area contributed by atoms with Gasteiger partial charge >= 0.3 is 0 Å². The van der Waals surface area contributed by atoms with E-state index in [1.165, 1.54) is 16.7 Å². The molecule has 0 saturated heterocycles. The average Bonchev–Trinajstić information content (AvgIpc) is 2.78. The zero-order chi connectivity index (χ0) is 12.3. The van der Waals surface area contributed by atoms with Crippen molar-refractivity contribution in [3.63, 3.8) is 0 Å². The van der Waals surface area contributed by atoms with Crippen LogP contribution in [-0.4, -0.2) is 9.78 Å². The predicted octanol–water partition coefficient (Wildman–Crippen LogP) is 3.13. The second kappa shape index (κ2) is 5.04. The largest absolute Gasteiger partial charge is 0.378 e. The topological polar surface area (TPSA) is 29.9 Å². The number of rotatable bonds is 4. The molecule has 3 nitrogen and oxygen atoms in total. The number of hydrogen-bond donors (Lipinski definition) is 1. The zero-order valence-corrected chi connectivity index (χ0v) is 10.7. The lowest BCUT2D eigenvalue weighted by molar-refractivity contribution is 0.660. The van der Waals surface area contributed by atoms with Crippen LogP contribution < -0.4 is 5.32 Å². The van der Waals surface area contributed by atoms with Crippen molar-refractivity contribution < 1.29 is 0 Å². The third-order valence-corrected chi connectivity index (χ3v) is 2.94. The summed E-state index contributed by atoms with van der Waals surface area (Å²) in [7, 11) is 0. The van der Waals surface area contributed by atoms with E-state index in [4.69, 9.17) is 0 Å². The van der Waals surface area contributed by atoms with Crippen LogP contribution in [0.3, 0.4) is 0 Å². The summed E-state index contributed by atoms with van der Waals surface area (Å²) in [5, 5.41) is 7.64. The van der Waals surface area contributed by atoms with Crippen LogP contribution in [0, 0.1) is 13.8 Å². The van der Waals surface area contributed by atoms with E-state index >= 15 is 0 Å². The number of anilines is 1. The molecule has 0 aliphatic heterocycles. The number of benzene rings is 1. The Balaban J connectivity index is 2.04. The molecule has 0 saturated carbocycles. The standard InChI is InChI=1S/C14H19N3/c1-4-17-10-14(9-16-17)15-8-13-7-11(2)5-6-12(13)3/h5-7,9-10,15H,4,8H2,1-3H3. The van der Waals surface area contributed by atoms with Crippen LogP contribution in [-0.2, 0) is 13.1 Å². The first-order chi connectivity index (χ1) is 8.19. The van der Waals surface area contributed by atoms with Crippen LogP contribution in [0.15, 0.2) is 30.6 Å². The lowest BCUT2D eigenvalue weighted by Gasteiger charge is -2.08. The van der Waals surface area contributed by atoms with Crippen LogP contribution in [0.5, 0.6) is 0 Å². The zero-order valence-electron chi connectivity index (χ0n) is 10.7. The highest BCUT2D eigenvalue weighted by atomic mass is 15.3. The lowest BCUT2D eigenvalue weighted by atomic mass is 10.1. The second-order valence-corrected chi connectivity index (χ2v) is 4.37. The van der Waals surface area contributed by atoms with Gasteiger partial charge in [-0.05, 0) is 31.9 Å². The molecule has 2 aromatic rings. The maximum atomic E-state index is 4.24. The minimum atomic E-state index is 0.850. The molecule has 1 aromatic heterocycles. The number of hydrogen-bond acceptors (Lipinski definition) is 2. The van der Waals surface area contributed by atoms with Gasteiger partial charge in [-0.15, -0.1) is 0 Å². The molecule has 0 spiro atoms. The van der Waals surface area contributed by atoms with E-state index in [2.05, 4.69) is 49.4 Å². The summed E-state index contributed by atoms with van der Waals surface area (Å²) in [6, 6.07) is 6.54. The summed E-state index contributed by atoms with van der Waals surface area (Å²) in [6.45, 7) is 8.11. The fraction of sp³-hybridized carbons (Fsp3) is 0.357. The number of nitrogens with zero attached hydrogens (tertiary/aromatic N) is 2. The fourth-order valence-corrected chi connectivity index (χ4v) is 1.82. The molecule has 0 aliphatic rings. The molecule has 2 rings (SSSR count). The highest BCUT2D eigenvalue weighted by molar-refractivity contribution is 5.41. The van der Waals surface area contributed by atoms with Gasteiger partial charge in [-0.25, -0.2) is 0 Å². The summed E-state index contributed by atoms with van der Waals surface area (Å²) in [5.74, 6) is 0. The quantitative estimate of drug-likeness (QED) is 0.873. The van der Waals surface area contributed by atoms with Crippen LogP contribution in [0.4, 0.5) is 5.69 Å². The minimum absolute atomic E-state index is 0.850. The third kappa shape index (κ3) is 2.87. The first-order valence-electron chi connectivity index (χ1n) is 6.01. The molecule has 90 valence electrons. The maximum absolute atomic E-state index is 4.24.